The molecule has 3 radical (unpaired) electrons. The first-order chi connectivity index (χ1) is 5.61. The van der Waals surface area contributed by atoms with E-state index in [-0.39, 0.29) is 0 Å². The Morgan fingerprint density at radius 2 is 1.83 bits per heavy atom. The molecule has 0 aromatic carbocycles. The molecule has 0 nitrogen and oxygen atoms in total. The van der Waals surface area contributed by atoms with E-state index >= 15 is 0 Å². The molecule has 0 spiro atoms. The van der Waals surface area contributed by atoms with Crippen LogP contribution in [0.5, 0.6) is 0 Å². The second kappa shape index (κ2) is 3.72. The van der Waals surface area contributed by atoms with E-state index in [1.165, 1.54) is 16.7 Å². The average Bonchev–Trinajstić information content (AvgIpc) is 2.01. The summed E-state index contributed by atoms with van der Waals surface area (Å²) < 4.78 is 0. The molecule has 0 N–H and O–H groups in total. The van der Waals surface area contributed by atoms with Crippen molar-refractivity contribution in [1.29, 1.82) is 0 Å². The molecule has 0 amide bonds. The molecule has 0 bridgehead atoms. The summed E-state index contributed by atoms with van der Waals surface area (Å²) in [6.45, 7) is 6.36. The fraction of sp³-hybridized carbons (Fsp3) is 0.273. The zero-order valence-electron chi connectivity index (χ0n) is 7.81. The summed E-state index contributed by atoms with van der Waals surface area (Å²) in [5.74, 6) is 0. The molecule has 0 aromatic rings. The highest BCUT2D eigenvalue weighted by Crippen LogP contribution is 2.17. The highest BCUT2D eigenvalue weighted by molar-refractivity contribution is 6.24. The monoisotopic (exact) mass is 173 g/mol. The highest BCUT2D eigenvalue weighted by atomic mass is 28.1. The van der Waals surface area contributed by atoms with Gasteiger partial charge in [-0.2, -0.15) is 0 Å². The van der Waals surface area contributed by atoms with E-state index in [4.69, 9.17) is 0 Å². The van der Waals surface area contributed by atoms with E-state index in [0.29, 0.717) is 0 Å². The van der Waals surface area contributed by atoms with E-state index in [1.807, 2.05) is 0 Å². The van der Waals surface area contributed by atoms with Crippen LogP contribution >= 0.6 is 0 Å². The molecule has 0 heterocycles. The molecule has 1 aliphatic rings. The Morgan fingerprint density at radius 1 is 1.17 bits per heavy atom. The van der Waals surface area contributed by atoms with Crippen molar-refractivity contribution in [3.05, 3.63) is 46.2 Å². The van der Waals surface area contributed by atoms with Gasteiger partial charge in [0.05, 0.1) is 10.2 Å². The maximum Gasteiger partial charge on any atom is 0.0715 e. The van der Waals surface area contributed by atoms with Gasteiger partial charge in [-0.25, -0.2) is 0 Å². The maximum atomic E-state index is 3.57. The SMILES string of the molecule is CC1=CC=CC([Si])=C(C)C(C)=C1. The second-order valence-electron chi connectivity index (χ2n) is 3.14. The van der Waals surface area contributed by atoms with Gasteiger partial charge < -0.3 is 0 Å². The molecule has 0 aliphatic heterocycles. The van der Waals surface area contributed by atoms with Crippen LogP contribution < -0.4 is 0 Å². The Hall–Kier alpha value is -0.823. The van der Waals surface area contributed by atoms with Crippen LogP contribution in [-0.4, -0.2) is 10.2 Å². The van der Waals surface area contributed by atoms with Gasteiger partial charge in [0.25, 0.3) is 0 Å². The molecule has 0 atom stereocenters. The van der Waals surface area contributed by atoms with Crippen molar-refractivity contribution in [2.75, 3.05) is 0 Å². The van der Waals surface area contributed by atoms with Gasteiger partial charge in [0.1, 0.15) is 0 Å². The van der Waals surface area contributed by atoms with Gasteiger partial charge >= 0.3 is 0 Å². The first kappa shape index (κ1) is 9.27. The zero-order chi connectivity index (χ0) is 9.14. The van der Waals surface area contributed by atoms with Gasteiger partial charge in [0.2, 0.25) is 0 Å². The first-order valence-corrected chi connectivity index (χ1v) is 4.57. The molecule has 0 saturated heterocycles. The molecule has 0 aromatic heterocycles. The van der Waals surface area contributed by atoms with Gasteiger partial charge in [-0.1, -0.05) is 35.1 Å². The third-order valence-electron chi connectivity index (χ3n) is 2.06. The van der Waals surface area contributed by atoms with Gasteiger partial charge in [0.15, 0.2) is 0 Å². The molecular weight excluding hydrogens is 160 g/mol. The third kappa shape index (κ3) is 2.08. The van der Waals surface area contributed by atoms with Crippen molar-refractivity contribution in [2.45, 2.75) is 20.8 Å². The summed E-state index contributed by atoms with van der Waals surface area (Å²) in [6.07, 6.45) is 8.44. The van der Waals surface area contributed by atoms with Crippen molar-refractivity contribution >= 4 is 10.2 Å². The van der Waals surface area contributed by atoms with Crippen LogP contribution in [0, 0.1) is 0 Å². The van der Waals surface area contributed by atoms with Crippen molar-refractivity contribution < 1.29 is 0 Å². The Bertz CT molecular complexity index is 301. The smallest absolute Gasteiger partial charge is 0.0642 e. The highest BCUT2D eigenvalue weighted by Gasteiger charge is 1.98. The van der Waals surface area contributed by atoms with Crippen molar-refractivity contribution in [1.82, 2.24) is 0 Å². The predicted octanol–water partition coefficient (Wildman–Crippen LogP) is 2.89. The molecule has 1 aliphatic carbocycles. The van der Waals surface area contributed by atoms with Gasteiger partial charge in [-0.15, -0.1) is 0 Å². The number of hydrogen-bond acceptors (Lipinski definition) is 0. The molecule has 1 rings (SSSR count). The molecule has 12 heavy (non-hydrogen) atoms. The standard InChI is InChI=1S/C11H13Si/c1-8-5-4-6-11(12)10(3)9(2)7-8/h4-7H,1-3H3. The van der Waals surface area contributed by atoms with Crippen molar-refractivity contribution in [2.24, 2.45) is 0 Å². The van der Waals surface area contributed by atoms with E-state index in [9.17, 15) is 0 Å². The van der Waals surface area contributed by atoms with Crippen LogP contribution in [-0.2, 0) is 0 Å². The lowest BCUT2D eigenvalue weighted by molar-refractivity contribution is 1.30. The molecule has 0 unspecified atom stereocenters. The maximum absolute atomic E-state index is 3.57. The lowest BCUT2D eigenvalue weighted by Gasteiger charge is -2.07. The van der Waals surface area contributed by atoms with Crippen LogP contribution in [0.1, 0.15) is 20.8 Å². The minimum Gasteiger partial charge on any atom is -0.0642 e. The first-order valence-electron chi connectivity index (χ1n) is 4.07. The molecular formula is C11H13Si. The topological polar surface area (TPSA) is 0 Å². The lowest BCUT2D eigenvalue weighted by atomic mass is 10.0. The fourth-order valence-electron chi connectivity index (χ4n) is 1.13. The van der Waals surface area contributed by atoms with Crippen LogP contribution in [0.15, 0.2) is 46.2 Å². The summed E-state index contributed by atoms with van der Waals surface area (Å²) in [5, 5.41) is 1.16. The quantitative estimate of drug-likeness (QED) is 0.494. The van der Waals surface area contributed by atoms with Crippen molar-refractivity contribution in [3.8, 4) is 0 Å². The largest absolute Gasteiger partial charge is 0.0715 e. The summed E-state index contributed by atoms with van der Waals surface area (Å²) in [5.41, 5.74) is 3.91. The summed E-state index contributed by atoms with van der Waals surface area (Å²) >= 11 is 0. The Balaban J connectivity index is 3.14. The summed E-state index contributed by atoms with van der Waals surface area (Å²) in [4.78, 5) is 0. The minimum absolute atomic E-state index is 1.16. The summed E-state index contributed by atoms with van der Waals surface area (Å²) in [7, 11) is 3.57. The van der Waals surface area contributed by atoms with Crippen LogP contribution in [0.4, 0.5) is 0 Å². The normalized spacial score (nSPS) is 18.3. The molecule has 61 valence electrons. The van der Waals surface area contributed by atoms with Crippen LogP contribution in [0.3, 0.4) is 0 Å². The van der Waals surface area contributed by atoms with Crippen molar-refractivity contribution in [3.63, 3.8) is 0 Å². The Kier molecular flexibility index (Phi) is 2.87. The summed E-state index contributed by atoms with van der Waals surface area (Å²) in [6, 6.07) is 0. The number of allylic oxidation sites excluding steroid dienone is 8. The lowest BCUT2D eigenvalue weighted by Crippen LogP contribution is -1.89. The Morgan fingerprint density at radius 3 is 2.50 bits per heavy atom. The number of hydrogen-bond donors (Lipinski definition) is 0. The fourth-order valence-corrected chi connectivity index (χ4v) is 1.42. The molecule has 0 saturated carbocycles. The minimum atomic E-state index is 1.16. The van der Waals surface area contributed by atoms with Crippen LogP contribution in [0.25, 0.3) is 0 Å². The average molecular weight is 173 g/mol. The molecule has 0 fully saturated rings. The van der Waals surface area contributed by atoms with Gasteiger partial charge in [-0.3, -0.25) is 0 Å². The van der Waals surface area contributed by atoms with Crippen LogP contribution in [0.2, 0.25) is 0 Å². The van der Waals surface area contributed by atoms with E-state index in [1.54, 1.807) is 0 Å². The van der Waals surface area contributed by atoms with E-state index in [2.05, 4.69) is 55.3 Å². The predicted molar refractivity (Wildman–Crippen MR) is 55.1 cm³/mol. The Labute approximate surface area is 77.8 Å². The van der Waals surface area contributed by atoms with E-state index in [0.717, 1.165) is 5.20 Å². The third-order valence-corrected chi connectivity index (χ3v) is 2.60. The second-order valence-corrected chi connectivity index (χ2v) is 3.67. The molecule has 1 heteroatoms. The number of rotatable bonds is 0. The van der Waals surface area contributed by atoms with Gasteiger partial charge in [0, 0.05) is 0 Å². The van der Waals surface area contributed by atoms with E-state index < -0.39 is 0 Å². The zero-order valence-corrected chi connectivity index (χ0v) is 8.81. The van der Waals surface area contributed by atoms with Gasteiger partial charge in [-0.05, 0) is 31.9 Å².